The van der Waals surface area contributed by atoms with Gasteiger partial charge in [0.1, 0.15) is 0 Å². The number of rotatable bonds is 5. The Bertz CT molecular complexity index is 278. The van der Waals surface area contributed by atoms with Crippen molar-refractivity contribution in [2.24, 2.45) is 12.8 Å². The van der Waals surface area contributed by atoms with Crippen LogP contribution in [-0.2, 0) is 13.5 Å². The van der Waals surface area contributed by atoms with Crippen LogP contribution in [0.25, 0.3) is 0 Å². The minimum absolute atomic E-state index is 0.146. The quantitative estimate of drug-likeness (QED) is 0.782. The molecule has 0 bridgehead atoms. The first-order valence-corrected chi connectivity index (χ1v) is 5.47. The Kier molecular flexibility index (Phi) is 4.14. The fraction of sp³-hybridized carbons (Fsp3) is 0.727. The molecule has 0 saturated heterocycles. The van der Waals surface area contributed by atoms with E-state index in [1.54, 1.807) is 0 Å². The van der Waals surface area contributed by atoms with E-state index in [9.17, 15) is 0 Å². The molecule has 3 nitrogen and oxygen atoms in total. The molecule has 0 saturated carbocycles. The molecule has 0 aliphatic carbocycles. The van der Waals surface area contributed by atoms with Crippen molar-refractivity contribution in [1.82, 2.24) is 9.78 Å². The zero-order valence-electron chi connectivity index (χ0n) is 9.45. The van der Waals surface area contributed by atoms with E-state index in [1.165, 1.54) is 12.8 Å². The molecule has 3 heteroatoms. The molecule has 1 unspecified atom stereocenters. The number of nitrogens with zero attached hydrogens (tertiary/aromatic N) is 2. The van der Waals surface area contributed by atoms with E-state index in [2.05, 4.69) is 25.0 Å². The Morgan fingerprint density at radius 1 is 1.50 bits per heavy atom. The molecule has 0 aliphatic heterocycles. The van der Waals surface area contributed by atoms with Gasteiger partial charge in [-0.3, -0.25) is 4.68 Å². The smallest absolute Gasteiger partial charge is 0.0625 e. The van der Waals surface area contributed by atoms with Gasteiger partial charge in [0.2, 0.25) is 0 Å². The summed E-state index contributed by atoms with van der Waals surface area (Å²) in [4.78, 5) is 0. The summed E-state index contributed by atoms with van der Waals surface area (Å²) >= 11 is 0. The van der Waals surface area contributed by atoms with Gasteiger partial charge in [-0.25, -0.2) is 0 Å². The average molecular weight is 195 g/mol. The van der Waals surface area contributed by atoms with Gasteiger partial charge >= 0.3 is 0 Å². The van der Waals surface area contributed by atoms with E-state index in [0.29, 0.717) is 0 Å². The van der Waals surface area contributed by atoms with Crippen molar-refractivity contribution in [2.45, 2.75) is 45.6 Å². The summed E-state index contributed by atoms with van der Waals surface area (Å²) in [7, 11) is 1.97. The van der Waals surface area contributed by atoms with Crippen molar-refractivity contribution in [3.63, 3.8) is 0 Å². The molecule has 0 aliphatic rings. The zero-order chi connectivity index (χ0) is 10.6. The van der Waals surface area contributed by atoms with Crippen LogP contribution >= 0.6 is 0 Å². The zero-order valence-corrected chi connectivity index (χ0v) is 9.45. The molecule has 0 fully saturated rings. The fourth-order valence-electron chi connectivity index (χ4n) is 1.64. The topological polar surface area (TPSA) is 43.8 Å². The van der Waals surface area contributed by atoms with Crippen LogP contribution in [0.15, 0.2) is 6.07 Å². The third kappa shape index (κ3) is 2.58. The lowest BCUT2D eigenvalue weighted by Gasteiger charge is -2.10. The Labute approximate surface area is 86.3 Å². The molecule has 1 heterocycles. The average Bonchev–Trinajstić information content (AvgIpc) is 2.56. The highest BCUT2D eigenvalue weighted by Gasteiger charge is 2.11. The summed E-state index contributed by atoms with van der Waals surface area (Å²) in [5.74, 6) is 0. The van der Waals surface area contributed by atoms with E-state index in [1.807, 2.05) is 11.7 Å². The predicted octanol–water partition coefficient (Wildman–Crippen LogP) is 2.17. The monoisotopic (exact) mass is 195 g/mol. The largest absolute Gasteiger partial charge is 0.323 e. The molecular weight excluding hydrogens is 174 g/mol. The lowest BCUT2D eigenvalue weighted by atomic mass is 10.1. The Morgan fingerprint density at radius 3 is 2.71 bits per heavy atom. The number of nitrogens with two attached hydrogens (primary N) is 1. The maximum Gasteiger partial charge on any atom is 0.0625 e. The molecule has 1 aromatic rings. The first kappa shape index (κ1) is 11.2. The summed E-state index contributed by atoms with van der Waals surface area (Å²) in [6.07, 6.45) is 4.42. The van der Waals surface area contributed by atoms with Crippen molar-refractivity contribution < 1.29 is 0 Å². The van der Waals surface area contributed by atoms with E-state index >= 15 is 0 Å². The third-order valence-corrected chi connectivity index (χ3v) is 2.58. The van der Waals surface area contributed by atoms with Crippen molar-refractivity contribution in [3.8, 4) is 0 Å². The van der Waals surface area contributed by atoms with Gasteiger partial charge in [-0.15, -0.1) is 0 Å². The standard InChI is InChI=1S/C11H21N3/c1-4-6-7-10(12)11-8-9(5-2)13-14(11)3/h8,10H,4-7,12H2,1-3H3. The van der Waals surface area contributed by atoms with Gasteiger partial charge in [-0.2, -0.15) is 5.10 Å². The first-order valence-electron chi connectivity index (χ1n) is 5.47. The van der Waals surface area contributed by atoms with Gasteiger partial charge in [0.05, 0.1) is 11.4 Å². The number of aryl methyl sites for hydroxylation is 2. The Balaban J connectivity index is 2.68. The lowest BCUT2D eigenvalue weighted by Crippen LogP contribution is -2.14. The number of hydrogen-bond acceptors (Lipinski definition) is 2. The van der Waals surface area contributed by atoms with Gasteiger partial charge < -0.3 is 5.73 Å². The van der Waals surface area contributed by atoms with Crippen LogP contribution in [0.4, 0.5) is 0 Å². The molecule has 2 N–H and O–H groups in total. The highest BCUT2D eigenvalue weighted by atomic mass is 15.3. The van der Waals surface area contributed by atoms with Gasteiger partial charge in [0, 0.05) is 13.1 Å². The van der Waals surface area contributed by atoms with Gasteiger partial charge in [-0.1, -0.05) is 26.7 Å². The molecule has 1 atom stereocenters. The number of hydrogen-bond donors (Lipinski definition) is 1. The van der Waals surface area contributed by atoms with E-state index in [-0.39, 0.29) is 6.04 Å². The second kappa shape index (κ2) is 5.15. The van der Waals surface area contributed by atoms with E-state index in [0.717, 1.165) is 24.2 Å². The second-order valence-corrected chi connectivity index (χ2v) is 3.79. The van der Waals surface area contributed by atoms with Crippen molar-refractivity contribution in [1.29, 1.82) is 0 Å². The molecule has 0 spiro atoms. The Morgan fingerprint density at radius 2 is 2.21 bits per heavy atom. The highest BCUT2D eigenvalue weighted by Crippen LogP contribution is 2.17. The SMILES string of the molecule is CCCCC(N)c1cc(CC)nn1C. The number of aromatic nitrogens is 2. The predicted molar refractivity (Wildman–Crippen MR) is 59.0 cm³/mol. The summed E-state index contributed by atoms with van der Waals surface area (Å²) in [6.45, 7) is 4.30. The van der Waals surface area contributed by atoms with Crippen LogP contribution in [0.1, 0.15) is 50.5 Å². The van der Waals surface area contributed by atoms with Crippen LogP contribution in [0.2, 0.25) is 0 Å². The van der Waals surface area contributed by atoms with Crippen LogP contribution in [0, 0.1) is 0 Å². The summed E-state index contributed by atoms with van der Waals surface area (Å²) in [6, 6.07) is 2.27. The van der Waals surface area contributed by atoms with Crippen LogP contribution < -0.4 is 5.73 Å². The fourth-order valence-corrected chi connectivity index (χ4v) is 1.64. The lowest BCUT2D eigenvalue weighted by molar-refractivity contribution is 0.554. The summed E-state index contributed by atoms with van der Waals surface area (Å²) in [5.41, 5.74) is 8.39. The third-order valence-electron chi connectivity index (χ3n) is 2.58. The highest BCUT2D eigenvalue weighted by molar-refractivity contribution is 5.13. The van der Waals surface area contributed by atoms with E-state index < -0.39 is 0 Å². The van der Waals surface area contributed by atoms with Crippen LogP contribution in [-0.4, -0.2) is 9.78 Å². The van der Waals surface area contributed by atoms with Crippen LogP contribution in [0.5, 0.6) is 0 Å². The number of unbranched alkanes of at least 4 members (excludes halogenated alkanes) is 1. The minimum atomic E-state index is 0.146. The van der Waals surface area contributed by atoms with Crippen molar-refractivity contribution in [2.75, 3.05) is 0 Å². The van der Waals surface area contributed by atoms with Gasteiger partial charge in [-0.05, 0) is 18.9 Å². The second-order valence-electron chi connectivity index (χ2n) is 3.79. The first-order chi connectivity index (χ1) is 6.69. The Hall–Kier alpha value is -0.830. The molecule has 14 heavy (non-hydrogen) atoms. The minimum Gasteiger partial charge on any atom is -0.323 e. The molecular formula is C11H21N3. The van der Waals surface area contributed by atoms with Gasteiger partial charge in [0.25, 0.3) is 0 Å². The molecule has 0 radical (unpaired) electrons. The van der Waals surface area contributed by atoms with Crippen molar-refractivity contribution in [3.05, 3.63) is 17.5 Å². The van der Waals surface area contributed by atoms with Crippen molar-refractivity contribution >= 4 is 0 Å². The normalized spacial score (nSPS) is 13.1. The molecule has 80 valence electrons. The molecule has 1 aromatic heterocycles. The maximum absolute atomic E-state index is 6.09. The molecule has 0 aromatic carbocycles. The summed E-state index contributed by atoms with van der Waals surface area (Å²) in [5, 5.41) is 4.39. The maximum atomic E-state index is 6.09. The molecule has 1 rings (SSSR count). The van der Waals surface area contributed by atoms with E-state index in [4.69, 9.17) is 5.73 Å². The van der Waals surface area contributed by atoms with Gasteiger partial charge in [0.15, 0.2) is 0 Å². The summed E-state index contributed by atoms with van der Waals surface area (Å²) < 4.78 is 1.92. The molecule has 0 amide bonds. The van der Waals surface area contributed by atoms with Crippen LogP contribution in [0.3, 0.4) is 0 Å².